The number of hydrogen-bond donors (Lipinski definition) is 2. The molecular weight excluding hydrogens is 288 g/mol. The molecular formula is C15H28N2O3S. The normalized spacial score (nSPS) is 21.8. The van der Waals surface area contributed by atoms with E-state index in [1.165, 1.54) is 6.42 Å². The number of carboxylic acid groups (broad SMARTS) is 1. The largest absolute Gasteiger partial charge is 0.480 e. The highest BCUT2D eigenvalue weighted by molar-refractivity contribution is 7.98. The van der Waals surface area contributed by atoms with Crippen LogP contribution in [-0.2, 0) is 9.59 Å². The zero-order valence-corrected chi connectivity index (χ0v) is 14.3. The van der Waals surface area contributed by atoms with Gasteiger partial charge in [-0.15, -0.1) is 0 Å². The molecule has 0 spiro atoms. The van der Waals surface area contributed by atoms with Crippen molar-refractivity contribution in [1.82, 2.24) is 10.2 Å². The Hall–Kier alpha value is -0.750. The molecule has 21 heavy (non-hydrogen) atoms. The van der Waals surface area contributed by atoms with Crippen LogP contribution in [0.2, 0.25) is 0 Å². The molecule has 0 bridgehead atoms. The Kier molecular flexibility index (Phi) is 7.00. The molecule has 1 amide bonds. The highest BCUT2D eigenvalue weighted by Gasteiger charge is 2.38. The fourth-order valence-corrected chi connectivity index (χ4v) is 3.14. The predicted molar refractivity (Wildman–Crippen MR) is 86.6 cm³/mol. The molecule has 0 radical (unpaired) electrons. The summed E-state index contributed by atoms with van der Waals surface area (Å²) in [6.45, 7) is 7.75. The quantitative estimate of drug-likeness (QED) is 0.750. The number of likely N-dealkylation sites (tertiary alicyclic amines) is 1. The number of nitrogens with zero attached hydrogens (tertiary/aromatic N) is 1. The molecule has 0 aromatic carbocycles. The summed E-state index contributed by atoms with van der Waals surface area (Å²) in [5.74, 6) is 0.154. The minimum atomic E-state index is -0.958. The van der Waals surface area contributed by atoms with Crippen LogP contribution in [0.25, 0.3) is 0 Å². The van der Waals surface area contributed by atoms with Gasteiger partial charge in [0.1, 0.15) is 6.04 Å². The van der Waals surface area contributed by atoms with Gasteiger partial charge in [-0.2, -0.15) is 11.8 Å². The number of carboxylic acids is 1. The summed E-state index contributed by atoms with van der Waals surface area (Å²) in [7, 11) is 0. The number of carbonyl (C=O) groups is 2. The van der Waals surface area contributed by atoms with Crippen molar-refractivity contribution in [2.45, 2.75) is 51.6 Å². The van der Waals surface area contributed by atoms with Gasteiger partial charge in [-0.3, -0.25) is 9.69 Å². The van der Waals surface area contributed by atoms with Crippen molar-refractivity contribution in [2.24, 2.45) is 5.92 Å². The molecule has 2 unspecified atom stereocenters. The van der Waals surface area contributed by atoms with Gasteiger partial charge in [-0.05, 0) is 57.6 Å². The van der Waals surface area contributed by atoms with E-state index in [2.05, 4.69) is 17.1 Å². The van der Waals surface area contributed by atoms with Gasteiger partial charge in [0.15, 0.2) is 0 Å². The van der Waals surface area contributed by atoms with Gasteiger partial charge in [-0.1, -0.05) is 6.92 Å². The van der Waals surface area contributed by atoms with Gasteiger partial charge in [0.25, 0.3) is 0 Å². The van der Waals surface area contributed by atoms with Gasteiger partial charge in [0, 0.05) is 6.54 Å². The van der Waals surface area contributed by atoms with E-state index in [0.717, 1.165) is 25.3 Å². The molecule has 1 rings (SSSR count). The van der Waals surface area contributed by atoms with E-state index in [1.807, 2.05) is 20.1 Å². The fourth-order valence-electron chi connectivity index (χ4n) is 2.67. The summed E-state index contributed by atoms with van der Waals surface area (Å²) >= 11 is 1.59. The minimum absolute atomic E-state index is 0.190. The molecule has 1 fully saturated rings. The topological polar surface area (TPSA) is 69.6 Å². The fraction of sp³-hybridized carbons (Fsp3) is 0.867. The lowest BCUT2D eigenvalue weighted by Gasteiger charge is -2.42. The Balaban J connectivity index is 2.67. The maximum absolute atomic E-state index is 12.5. The van der Waals surface area contributed by atoms with E-state index in [9.17, 15) is 14.7 Å². The zero-order valence-electron chi connectivity index (χ0n) is 13.5. The van der Waals surface area contributed by atoms with Crippen LogP contribution in [0.3, 0.4) is 0 Å². The third-order valence-electron chi connectivity index (χ3n) is 4.22. The van der Waals surface area contributed by atoms with Crippen LogP contribution in [0, 0.1) is 5.92 Å². The number of amides is 1. The first kappa shape index (κ1) is 18.3. The Morgan fingerprint density at radius 1 is 1.48 bits per heavy atom. The zero-order chi connectivity index (χ0) is 16.0. The number of aliphatic carboxylic acids is 1. The van der Waals surface area contributed by atoms with E-state index >= 15 is 0 Å². The maximum Gasteiger partial charge on any atom is 0.326 e. The van der Waals surface area contributed by atoms with E-state index in [0.29, 0.717) is 12.3 Å². The maximum atomic E-state index is 12.5. The highest BCUT2D eigenvalue weighted by atomic mass is 32.2. The second-order valence-corrected chi connectivity index (χ2v) is 7.38. The molecule has 0 saturated carbocycles. The van der Waals surface area contributed by atoms with Crippen LogP contribution in [-0.4, -0.2) is 58.6 Å². The monoisotopic (exact) mass is 316 g/mol. The minimum Gasteiger partial charge on any atom is -0.480 e. The molecule has 1 saturated heterocycles. The average Bonchev–Trinajstić information content (AvgIpc) is 2.42. The number of thioether (sulfide) groups is 1. The molecule has 5 nitrogen and oxygen atoms in total. The van der Waals surface area contributed by atoms with Gasteiger partial charge in [0.2, 0.25) is 5.91 Å². The SMILES string of the molecule is CSCCC(NC(=O)C(C)(C)N1CCCC(C)C1)C(=O)O. The van der Waals surface area contributed by atoms with E-state index in [4.69, 9.17) is 0 Å². The van der Waals surface area contributed by atoms with Crippen molar-refractivity contribution in [3.63, 3.8) is 0 Å². The summed E-state index contributed by atoms with van der Waals surface area (Å²) in [4.78, 5) is 26.0. The molecule has 6 heteroatoms. The predicted octanol–water partition coefficient (Wildman–Crippen LogP) is 1.82. The van der Waals surface area contributed by atoms with Crippen LogP contribution in [0.5, 0.6) is 0 Å². The summed E-state index contributed by atoms with van der Waals surface area (Å²) in [5.41, 5.74) is -0.665. The first-order chi connectivity index (χ1) is 9.78. The van der Waals surface area contributed by atoms with Crippen molar-refractivity contribution in [2.75, 3.05) is 25.1 Å². The van der Waals surface area contributed by atoms with E-state index in [1.54, 1.807) is 11.8 Å². The van der Waals surface area contributed by atoms with Crippen molar-refractivity contribution < 1.29 is 14.7 Å². The molecule has 0 aromatic rings. The number of carbonyl (C=O) groups excluding carboxylic acids is 1. The first-order valence-electron chi connectivity index (χ1n) is 7.56. The summed E-state index contributed by atoms with van der Waals surface area (Å²) in [6.07, 6.45) is 4.67. The first-order valence-corrected chi connectivity index (χ1v) is 8.96. The second-order valence-electron chi connectivity index (χ2n) is 6.40. The highest BCUT2D eigenvalue weighted by Crippen LogP contribution is 2.24. The lowest BCUT2D eigenvalue weighted by molar-refractivity contribution is -0.144. The molecule has 1 heterocycles. The number of nitrogens with one attached hydrogen (secondary N) is 1. The van der Waals surface area contributed by atoms with E-state index in [-0.39, 0.29) is 5.91 Å². The molecule has 1 aliphatic heterocycles. The lowest BCUT2D eigenvalue weighted by Crippen LogP contribution is -2.59. The number of rotatable bonds is 7. The third-order valence-corrected chi connectivity index (χ3v) is 4.86. The van der Waals surface area contributed by atoms with Crippen molar-refractivity contribution in [1.29, 1.82) is 0 Å². The Bertz CT molecular complexity index is 374. The molecule has 0 aromatic heterocycles. The Morgan fingerprint density at radius 3 is 2.67 bits per heavy atom. The molecule has 1 aliphatic rings. The molecule has 2 atom stereocenters. The van der Waals surface area contributed by atoms with Gasteiger partial charge >= 0.3 is 5.97 Å². The number of hydrogen-bond acceptors (Lipinski definition) is 4. The summed E-state index contributed by atoms with van der Waals surface area (Å²) in [6, 6.07) is -0.800. The Morgan fingerprint density at radius 2 is 2.14 bits per heavy atom. The van der Waals surface area contributed by atoms with Gasteiger partial charge in [0.05, 0.1) is 5.54 Å². The van der Waals surface area contributed by atoms with Crippen LogP contribution in [0.15, 0.2) is 0 Å². The van der Waals surface area contributed by atoms with Gasteiger partial charge in [-0.25, -0.2) is 4.79 Å². The smallest absolute Gasteiger partial charge is 0.326 e. The molecule has 122 valence electrons. The van der Waals surface area contributed by atoms with Crippen LogP contribution in [0.4, 0.5) is 0 Å². The molecule has 0 aliphatic carbocycles. The van der Waals surface area contributed by atoms with Crippen molar-refractivity contribution in [3.05, 3.63) is 0 Å². The third kappa shape index (κ3) is 5.18. The van der Waals surface area contributed by atoms with Crippen LogP contribution in [0.1, 0.15) is 40.0 Å². The standard InChI is InChI=1S/C15H28N2O3S/c1-11-6-5-8-17(10-11)15(2,3)14(20)16-12(13(18)19)7-9-21-4/h11-12H,5-10H2,1-4H3,(H,16,20)(H,18,19). The van der Waals surface area contributed by atoms with E-state index < -0.39 is 17.6 Å². The van der Waals surface area contributed by atoms with Crippen molar-refractivity contribution in [3.8, 4) is 0 Å². The molecule has 2 N–H and O–H groups in total. The number of piperidine rings is 1. The average molecular weight is 316 g/mol. The van der Waals surface area contributed by atoms with Crippen LogP contribution >= 0.6 is 11.8 Å². The Labute approximate surface area is 131 Å². The lowest BCUT2D eigenvalue weighted by atomic mass is 9.92. The summed E-state index contributed by atoms with van der Waals surface area (Å²) < 4.78 is 0. The summed E-state index contributed by atoms with van der Waals surface area (Å²) in [5, 5.41) is 11.9. The second kappa shape index (κ2) is 8.03. The van der Waals surface area contributed by atoms with Gasteiger partial charge < -0.3 is 10.4 Å². The van der Waals surface area contributed by atoms with Crippen molar-refractivity contribution >= 4 is 23.6 Å². The van der Waals surface area contributed by atoms with Crippen LogP contribution < -0.4 is 5.32 Å².